The number of hydrogen-bond acceptors (Lipinski definition) is 5. The van der Waals surface area contributed by atoms with Crippen LogP contribution in [0.1, 0.15) is 0 Å². The molecule has 0 fully saturated rings. The number of H-pyrrole nitrogens is 2. The Kier molecular flexibility index (Phi) is 3.66. The van der Waals surface area contributed by atoms with Gasteiger partial charge in [-0.25, -0.2) is 14.8 Å². The van der Waals surface area contributed by atoms with Crippen LogP contribution in [0.5, 0.6) is 5.75 Å². The maximum absolute atomic E-state index is 11.3. The van der Waals surface area contributed by atoms with Gasteiger partial charge in [-0.1, -0.05) is 6.07 Å². The van der Waals surface area contributed by atoms with Crippen LogP contribution in [0.15, 0.2) is 59.7 Å². The Morgan fingerprint density at radius 2 is 1.64 bits per heavy atom. The summed E-state index contributed by atoms with van der Waals surface area (Å²) >= 11 is 0. The summed E-state index contributed by atoms with van der Waals surface area (Å²) in [5, 5.41) is 3.14. The maximum Gasteiger partial charge on any atom is 0.323 e. The van der Waals surface area contributed by atoms with Crippen molar-refractivity contribution in [1.82, 2.24) is 19.9 Å². The molecule has 0 atom stereocenters. The lowest BCUT2D eigenvalue weighted by molar-refractivity contribution is 0.415. The van der Waals surface area contributed by atoms with Crippen LogP contribution in [0.25, 0.3) is 22.2 Å². The summed E-state index contributed by atoms with van der Waals surface area (Å²) in [6.45, 7) is 0. The Labute approximate surface area is 142 Å². The quantitative estimate of drug-likeness (QED) is 0.533. The number of nitrogens with one attached hydrogen (secondary N) is 3. The second kappa shape index (κ2) is 6.12. The molecule has 0 saturated carbocycles. The highest BCUT2D eigenvalue weighted by atomic mass is 16.5. The zero-order valence-electron chi connectivity index (χ0n) is 13.4. The number of imidazole rings is 1. The van der Waals surface area contributed by atoms with Gasteiger partial charge in [-0.05, 0) is 42.0 Å². The molecular formula is C18H15N5O2. The average molecular weight is 333 g/mol. The number of nitrogens with zero attached hydrogens (tertiary/aromatic N) is 2. The fourth-order valence-corrected chi connectivity index (χ4v) is 2.56. The van der Waals surface area contributed by atoms with Crippen molar-refractivity contribution in [3.05, 3.63) is 65.3 Å². The molecule has 4 rings (SSSR count). The Morgan fingerprint density at radius 1 is 0.920 bits per heavy atom. The number of aromatic amines is 2. The highest BCUT2D eigenvalue weighted by Gasteiger charge is 2.04. The molecule has 124 valence electrons. The summed E-state index contributed by atoms with van der Waals surface area (Å²) in [4.78, 5) is 25.5. The predicted molar refractivity (Wildman–Crippen MR) is 96.2 cm³/mol. The van der Waals surface area contributed by atoms with E-state index >= 15 is 0 Å². The maximum atomic E-state index is 11.3. The lowest BCUT2D eigenvalue weighted by Crippen LogP contribution is -1.99. The highest BCUT2D eigenvalue weighted by Crippen LogP contribution is 2.22. The molecule has 7 heteroatoms. The molecule has 4 aromatic rings. The van der Waals surface area contributed by atoms with Gasteiger partial charge in [0.15, 0.2) is 0 Å². The fraction of sp³-hybridized carbons (Fsp3) is 0.0556. The van der Waals surface area contributed by atoms with Gasteiger partial charge in [-0.3, -0.25) is 0 Å². The summed E-state index contributed by atoms with van der Waals surface area (Å²) in [6.07, 6.45) is 3.48. The number of anilines is 2. The van der Waals surface area contributed by atoms with E-state index in [1.54, 1.807) is 19.5 Å². The number of aromatic nitrogens is 4. The first-order valence-electron chi connectivity index (χ1n) is 7.67. The van der Waals surface area contributed by atoms with Crippen molar-refractivity contribution in [2.24, 2.45) is 0 Å². The van der Waals surface area contributed by atoms with Crippen LogP contribution >= 0.6 is 0 Å². The fourth-order valence-electron chi connectivity index (χ4n) is 2.56. The molecule has 0 radical (unpaired) electrons. The standard InChI is InChI=1S/C18H15N5O2/c1-25-14-5-3-13(4-6-14)21-17-19-9-12(10-20-17)11-2-7-15-16(8-11)23-18(24)22-15/h2-10H,1H3,(H,19,20,21)(H2,22,23,24). The Balaban J connectivity index is 1.56. The zero-order valence-corrected chi connectivity index (χ0v) is 13.4. The monoisotopic (exact) mass is 333 g/mol. The molecule has 2 heterocycles. The van der Waals surface area contributed by atoms with Crippen molar-refractivity contribution in [3.8, 4) is 16.9 Å². The Bertz CT molecular complexity index is 1070. The minimum atomic E-state index is -0.220. The first kappa shape index (κ1) is 14.9. The third kappa shape index (κ3) is 3.07. The summed E-state index contributed by atoms with van der Waals surface area (Å²) in [6, 6.07) is 13.2. The molecule has 0 amide bonds. The van der Waals surface area contributed by atoms with Crippen LogP contribution in [0.4, 0.5) is 11.6 Å². The van der Waals surface area contributed by atoms with E-state index in [2.05, 4.69) is 25.3 Å². The first-order chi connectivity index (χ1) is 12.2. The molecule has 3 N–H and O–H groups in total. The van der Waals surface area contributed by atoms with E-state index in [4.69, 9.17) is 4.74 Å². The molecule has 0 aliphatic heterocycles. The van der Waals surface area contributed by atoms with Crippen LogP contribution in [-0.2, 0) is 0 Å². The summed E-state index contributed by atoms with van der Waals surface area (Å²) in [5.41, 5.74) is 3.97. The average Bonchev–Trinajstić information content (AvgIpc) is 3.02. The Hall–Kier alpha value is -3.61. The van der Waals surface area contributed by atoms with Gasteiger partial charge in [0.2, 0.25) is 5.95 Å². The van der Waals surface area contributed by atoms with Crippen molar-refractivity contribution < 1.29 is 4.74 Å². The highest BCUT2D eigenvalue weighted by molar-refractivity contribution is 5.81. The molecule has 7 nitrogen and oxygen atoms in total. The van der Waals surface area contributed by atoms with Gasteiger partial charge in [0.05, 0.1) is 18.1 Å². The van der Waals surface area contributed by atoms with E-state index in [0.717, 1.165) is 33.6 Å². The van der Waals surface area contributed by atoms with Crippen LogP contribution < -0.4 is 15.7 Å². The van der Waals surface area contributed by atoms with Crippen molar-refractivity contribution >= 4 is 22.7 Å². The molecular weight excluding hydrogens is 318 g/mol. The molecule has 0 unspecified atom stereocenters. The molecule has 25 heavy (non-hydrogen) atoms. The number of methoxy groups -OCH3 is 1. The smallest absolute Gasteiger partial charge is 0.323 e. The van der Waals surface area contributed by atoms with E-state index in [1.807, 2.05) is 42.5 Å². The molecule has 0 bridgehead atoms. The van der Waals surface area contributed by atoms with Gasteiger partial charge in [0.25, 0.3) is 0 Å². The van der Waals surface area contributed by atoms with Crippen molar-refractivity contribution in [2.75, 3.05) is 12.4 Å². The van der Waals surface area contributed by atoms with Gasteiger partial charge in [-0.2, -0.15) is 0 Å². The largest absolute Gasteiger partial charge is 0.497 e. The van der Waals surface area contributed by atoms with E-state index in [-0.39, 0.29) is 5.69 Å². The van der Waals surface area contributed by atoms with Crippen LogP contribution in [0.3, 0.4) is 0 Å². The summed E-state index contributed by atoms with van der Waals surface area (Å²) < 4.78 is 5.13. The second-order valence-electron chi connectivity index (χ2n) is 5.49. The Morgan fingerprint density at radius 3 is 2.36 bits per heavy atom. The molecule has 2 aromatic carbocycles. The third-order valence-corrected chi connectivity index (χ3v) is 3.85. The van der Waals surface area contributed by atoms with E-state index < -0.39 is 0 Å². The number of ether oxygens (including phenoxy) is 1. The van der Waals surface area contributed by atoms with Gasteiger partial charge >= 0.3 is 5.69 Å². The number of rotatable bonds is 4. The van der Waals surface area contributed by atoms with Crippen molar-refractivity contribution in [3.63, 3.8) is 0 Å². The van der Waals surface area contributed by atoms with Crippen LogP contribution in [0, 0.1) is 0 Å². The van der Waals surface area contributed by atoms with E-state index in [0.29, 0.717) is 5.95 Å². The minimum absolute atomic E-state index is 0.220. The topological polar surface area (TPSA) is 95.7 Å². The molecule has 0 saturated heterocycles. The normalized spacial score (nSPS) is 10.8. The van der Waals surface area contributed by atoms with Gasteiger partial charge in [0, 0.05) is 23.6 Å². The van der Waals surface area contributed by atoms with Gasteiger partial charge < -0.3 is 20.0 Å². The lowest BCUT2D eigenvalue weighted by atomic mass is 10.1. The predicted octanol–water partition coefficient (Wildman–Crippen LogP) is 3.07. The molecule has 0 aliphatic carbocycles. The summed E-state index contributed by atoms with van der Waals surface area (Å²) in [5.74, 6) is 1.30. The zero-order chi connectivity index (χ0) is 17.2. The second-order valence-corrected chi connectivity index (χ2v) is 5.49. The SMILES string of the molecule is COc1ccc(Nc2ncc(-c3ccc4[nH]c(=O)[nH]c4c3)cn2)cc1. The summed E-state index contributed by atoms with van der Waals surface area (Å²) in [7, 11) is 1.63. The first-order valence-corrected chi connectivity index (χ1v) is 7.67. The molecule has 0 spiro atoms. The number of benzene rings is 2. The van der Waals surface area contributed by atoms with E-state index in [9.17, 15) is 4.79 Å². The third-order valence-electron chi connectivity index (χ3n) is 3.85. The van der Waals surface area contributed by atoms with Crippen molar-refractivity contribution in [1.29, 1.82) is 0 Å². The van der Waals surface area contributed by atoms with Crippen LogP contribution in [0.2, 0.25) is 0 Å². The number of fused-ring (bicyclic) bond motifs is 1. The van der Waals surface area contributed by atoms with Gasteiger partial charge in [-0.15, -0.1) is 0 Å². The van der Waals surface area contributed by atoms with Crippen molar-refractivity contribution in [2.45, 2.75) is 0 Å². The minimum Gasteiger partial charge on any atom is -0.497 e. The number of hydrogen-bond donors (Lipinski definition) is 3. The molecule has 0 aliphatic rings. The van der Waals surface area contributed by atoms with E-state index in [1.165, 1.54) is 0 Å². The van der Waals surface area contributed by atoms with Crippen LogP contribution in [-0.4, -0.2) is 27.0 Å². The van der Waals surface area contributed by atoms with Gasteiger partial charge in [0.1, 0.15) is 5.75 Å². The lowest BCUT2D eigenvalue weighted by Gasteiger charge is -2.07. The molecule has 2 aromatic heterocycles.